The molecule has 11 heteroatoms. The standard InChI is InChI=1S/C31H43N5O6/c1-30(2,3)41-27(37)32-26(35-20-33(7)28(38)34(8)21-35)36(29(39)42-31(4,5)6)19-24-12-10-11-23(18-24)17-22-13-15-25(40-9)16-14-22/h10-16,18H,17,19-21H2,1-9H3/b32-26+. The molecule has 0 unspecified atom stereocenters. The molecule has 42 heavy (non-hydrogen) atoms. The monoisotopic (exact) mass is 581 g/mol. The van der Waals surface area contributed by atoms with Crippen molar-refractivity contribution in [3.8, 4) is 5.75 Å². The molecule has 0 atom stereocenters. The summed E-state index contributed by atoms with van der Waals surface area (Å²) in [6.07, 6.45) is -0.874. The zero-order chi connectivity index (χ0) is 31.2. The van der Waals surface area contributed by atoms with E-state index in [4.69, 9.17) is 14.2 Å². The second kappa shape index (κ2) is 13.1. The van der Waals surface area contributed by atoms with Crippen molar-refractivity contribution in [2.24, 2.45) is 4.99 Å². The molecule has 228 valence electrons. The minimum Gasteiger partial charge on any atom is -0.497 e. The van der Waals surface area contributed by atoms with Crippen molar-refractivity contribution in [3.05, 3.63) is 65.2 Å². The van der Waals surface area contributed by atoms with Gasteiger partial charge in [0.05, 0.1) is 27.0 Å². The largest absolute Gasteiger partial charge is 0.497 e. The van der Waals surface area contributed by atoms with E-state index < -0.39 is 23.4 Å². The number of carbonyl (C=O) groups is 3. The number of hydrogen-bond donors (Lipinski definition) is 0. The molecule has 0 aromatic heterocycles. The Kier molecular flexibility index (Phi) is 10.1. The van der Waals surface area contributed by atoms with Gasteiger partial charge in [0.1, 0.15) is 17.0 Å². The second-order valence-electron chi connectivity index (χ2n) is 12.3. The van der Waals surface area contributed by atoms with Crippen LogP contribution >= 0.6 is 0 Å². The molecule has 1 aliphatic heterocycles. The Morgan fingerprint density at radius 1 is 0.857 bits per heavy atom. The first-order chi connectivity index (χ1) is 19.5. The Labute approximate surface area is 248 Å². The number of methoxy groups -OCH3 is 1. The maximum absolute atomic E-state index is 13.7. The third-order valence-corrected chi connectivity index (χ3v) is 6.04. The molecule has 0 spiro atoms. The van der Waals surface area contributed by atoms with Gasteiger partial charge in [-0.1, -0.05) is 36.4 Å². The van der Waals surface area contributed by atoms with Crippen molar-refractivity contribution in [2.45, 2.75) is 65.7 Å². The SMILES string of the molecule is COc1ccc(Cc2cccc(CN(C(=O)OC(C)(C)C)/C(=N/C(=O)OC(C)(C)C)N3CN(C)C(=O)N(C)C3)c2)cc1. The van der Waals surface area contributed by atoms with E-state index in [-0.39, 0.29) is 31.9 Å². The number of ether oxygens (including phenoxy) is 3. The average molecular weight is 582 g/mol. The number of amides is 4. The normalized spacial score (nSPS) is 14.5. The van der Waals surface area contributed by atoms with Crippen LogP contribution in [0.15, 0.2) is 53.5 Å². The van der Waals surface area contributed by atoms with Crippen LogP contribution < -0.4 is 4.74 Å². The summed E-state index contributed by atoms with van der Waals surface area (Å²) in [5.41, 5.74) is 1.33. The molecule has 1 fully saturated rings. The Morgan fingerprint density at radius 3 is 1.98 bits per heavy atom. The van der Waals surface area contributed by atoms with Gasteiger partial charge in [0.15, 0.2) is 0 Å². The summed E-state index contributed by atoms with van der Waals surface area (Å²) in [5, 5.41) is 0. The van der Waals surface area contributed by atoms with E-state index in [0.717, 1.165) is 22.4 Å². The van der Waals surface area contributed by atoms with Crippen molar-refractivity contribution in [3.63, 3.8) is 0 Å². The summed E-state index contributed by atoms with van der Waals surface area (Å²) in [4.78, 5) is 49.4. The van der Waals surface area contributed by atoms with E-state index in [9.17, 15) is 14.4 Å². The predicted molar refractivity (Wildman–Crippen MR) is 160 cm³/mol. The Bertz CT molecular complexity index is 1280. The average Bonchev–Trinajstić information content (AvgIpc) is 2.87. The lowest BCUT2D eigenvalue weighted by molar-refractivity contribution is 0.0300. The highest BCUT2D eigenvalue weighted by Crippen LogP contribution is 2.21. The van der Waals surface area contributed by atoms with Gasteiger partial charge in [0.2, 0.25) is 5.96 Å². The fourth-order valence-corrected chi connectivity index (χ4v) is 4.30. The topological polar surface area (TPSA) is 104 Å². The van der Waals surface area contributed by atoms with E-state index in [2.05, 4.69) is 4.99 Å². The van der Waals surface area contributed by atoms with Crippen LogP contribution in [0, 0.1) is 0 Å². The van der Waals surface area contributed by atoms with Gasteiger partial charge < -0.3 is 28.9 Å². The van der Waals surface area contributed by atoms with Gasteiger partial charge in [-0.25, -0.2) is 19.3 Å². The van der Waals surface area contributed by atoms with E-state index in [0.29, 0.717) is 6.42 Å². The van der Waals surface area contributed by atoms with Crippen LogP contribution in [0.1, 0.15) is 58.2 Å². The summed E-state index contributed by atoms with van der Waals surface area (Å²) in [7, 11) is 4.90. The van der Waals surface area contributed by atoms with E-state index in [1.807, 2.05) is 48.5 Å². The number of urea groups is 1. The smallest absolute Gasteiger partial charge is 0.437 e. The fraction of sp³-hybridized carbons (Fsp3) is 0.484. The highest BCUT2D eigenvalue weighted by molar-refractivity contribution is 5.99. The zero-order valence-corrected chi connectivity index (χ0v) is 26.1. The van der Waals surface area contributed by atoms with Gasteiger partial charge in [-0.05, 0) is 76.8 Å². The summed E-state index contributed by atoms with van der Waals surface area (Å²) in [6.45, 7) is 10.8. The number of benzene rings is 2. The van der Waals surface area contributed by atoms with Crippen molar-refractivity contribution in [2.75, 3.05) is 34.5 Å². The molecule has 0 saturated carbocycles. The molecule has 0 radical (unpaired) electrons. The third-order valence-electron chi connectivity index (χ3n) is 6.04. The third kappa shape index (κ3) is 9.39. The first-order valence-electron chi connectivity index (χ1n) is 13.8. The molecular formula is C31H43N5O6. The van der Waals surface area contributed by atoms with Crippen molar-refractivity contribution >= 4 is 24.2 Å². The molecule has 1 heterocycles. The highest BCUT2D eigenvalue weighted by Gasteiger charge is 2.35. The molecule has 0 bridgehead atoms. The lowest BCUT2D eigenvalue weighted by Gasteiger charge is -2.42. The van der Waals surface area contributed by atoms with Crippen LogP contribution in [-0.2, 0) is 22.4 Å². The number of carbonyl (C=O) groups excluding carboxylic acids is 3. The van der Waals surface area contributed by atoms with Gasteiger partial charge >= 0.3 is 18.2 Å². The van der Waals surface area contributed by atoms with Crippen LogP contribution in [0.5, 0.6) is 5.75 Å². The quantitative estimate of drug-likeness (QED) is 0.338. The Balaban J connectivity index is 2.02. The summed E-state index contributed by atoms with van der Waals surface area (Å²) in [6, 6.07) is 15.5. The first-order valence-corrected chi connectivity index (χ1v) is 13.8. The number of nitrogens with zero attached hydrogens (tertiary/aromatic N) is 5. The van der Waals surface area contributed by atoms with Crippen LogP contribution in [0.4, 0.5) is 14.4 Å². The molecule has 2 aromatic carbocycles. The Morgan fingerprint density at radius 2 is 1.43 bits per heavy atom. The van der Waals surface area contributed by atoms with Crippen LogP contribution in [0.25, 0.3) is 0 Å². The maximum Gasteiger partial charge on any atom is 0.437 e. The van der Waals surface area contributed by atoms with Gasteiger partial charge in [0.25, 0.3) is 0 Å². The molecule has 3 rings (SSSR count). The molecule has 2 aromatic rings. The van der Waals surface area contributed by atoms with Gasteiger partial charge in [-0.3, -0.25) is 0 Å². The molecule has 0 aliphatic carbocycles. The summed E-state index contributed by atoms with van der Waals surface area (Å²) >= 11 is 0. The molecule has 11 nitrogen and oxygen atoms in total. The minimum atomic E-state index is -0.860. The zero-order valence-electron chi connectivity index (χ0n) is 26.1. The number of aliphatic imine (C=N–C) groups is 1. The molecule has 1 aliphatic rings. The van der Waals surface area contributed by atoms with Gasteiger partial charge in [0, 0.05) is 14.1 Å². The van der Waals surface area contributed by atoms with Crippen molar-refractivity contribution in [1.29, 1.82) is 0 Å². The van der Waals surface area contributed by atoms with E-state index in [1.54, 1.807) is 67.6 Å². The van der Waals surface area contributed by atoms with Crippen molar-refractivity contribution < 1.29 is 28.6 Å². The molecule has 4 amide bonds. The number of guanidine groups is 1. The summed E-state index contributed by atoms with van der Waals surface area (Å²) < 4.78 is 16.5. The Hall–Kier alpha value is -4.28. The lowest BCUT2D eigenvalue weighted by atomic mass is 10.0. The van der Waals surface area contributed by atoms with Crippen LogP contribution in [0.2, 0.25) is 0 Å². The highest BCUT2D eigenvalue weighted by atomic mass is 16.6. The first kappa shape index (κ1) is 32.2. The van der Waals surface area contributed by atoms with Crippen LogP contribution in [-0.4, -0.2) is 89.5 Å². The summed E-state index contributed by atoms with van der Waals surface area (Å²) in [5.74, 6) is 0.804. The maximum atomic E-state index is 13.7. The van der Waals surface area contributed by atoms with Gasteiger partial charge in [-0.15, -0.1) is 4.99 Å². The fourth-order valence-electron chi connectivity index (χ4n) is 4.30. The molecule has 1 saturated heterocycles. The van der Waals surface area contributed by atoms with E-state index >= 15 is 0 Å². The van der Waals surface area contributed by atoms with Crippen molar-refractivity contribution in [1.82, 2.24) is 19.6 Å². The van der Waals surface area contributed by atoms with E-state index in [1.165, 1.54) is 14.7 Å². The second-order valence-corrected chi connectivity index (χ2v) is 12.3. The predicted octanol–water partition coefficient (Wildman–Crippen LogP) is 5.53. The van der Waals surface area contributed by atoms with Crippen LogP contribution in [0.3, 0.4) is 0 Å². The van der Waals surface area contributed by atoms with Gasteiger partial charge in [-0.2, -0.15) is 0 Å². The molecule has 0 N–H and O–H groups in total. The lowest BCUT2D eigenvalue weighted by Crippen LogP contribution is -2.60. The number of hydrogen-bond acceptors (Lipinski definition) is 6. The number of rotatable bonds is 5. The minimum absolute atomic E-state index is 0.0188. The molecular weight excluding hydrogens is 538 g/mol.